The van der Waals surface area contributed by atoms with Gasteiger partial charge in [0.15, 0.2) is 0 Å². The Morgan fingerprint density at radius 3 is 2.79 bits per heavy atom. The number of aliphatic imine (C=N–C) groups is 1. The molecule has 0 atom stereocenters. The third kappa shape index (κ3) is 2.79. The summed E-state index contributed by atoms with van der Waals surface area (Å²) in [5.41, 5.74) is 2.31. The molecule has 74 valence electrons. The second-order valence-corrected chi connectivity index (χ2v) is 4.32. The van der Waals surface area contributed by atoms with Gasteiger partial charge in [-0.3, -0.25) is 0 Å². The van der Waals surface area contributed by atoms with Crippen molar-refractivity contribution >= 4 is 22.0 Å². The summed E-state index contributed by atoms with van der Waals surface area (Å²) in [5, 5.41) is 0. The van der Waals surface area contributed by atoms with Gasteiger partial charge in [-0.25, -0.2) is 9.79 Å². The lowest BCUT2D eigenvalue weighted by Crippen LogP contribution is -1.95. The van der Waals surface area contributed by atoms with E-state index >= 15 is 0 Å². The lowest BCUT2D eigenvalue weighted by molar-refractivity contribution is 0.562. The monoisotopic (exact) mass is 253 g/mol. The first-order chi connectivity index (χ1) is 6.65. The zero-order chi connectivity index (χ0) is 10.6. The molecule has 0 amide bonds. The Labute approximate surface area is 92.2 Å². The first kappa shape index (κ1) is 11.2. The molecule has 3 heteroatoms. The van der Waals surface area contributed by atoms with Crippen molar-refractivity contribution in [2.45, 2.75) is 26.3 Å². The molecule has 0 N–H and O–H groups in total. The molecule has 0 aliphatic rings. The first-order valence-electron chi connectivity index (χ1n) is 4.47. The smallest absolute Gasteiger partial charge is 0.211 e. The second kappa shape index (κ2) is 5.08. The van der Waals surface area contributed by atoms with Crippen LogP contribution in [0.15, 0.2) is 27.7 Å². The van der Waals surface area contributed by atoms with Crippen molar-refractivity contribution in [3.63, 3.8) is 0 Å². The Bertz CT molecular complexity index is 368. The number of hydrogen-bond donors (Lipinski definition) is 0. The summed E-state index contributed by atoms with van der Waals surface area (Å²) >= 11 is 3.40. The maximum Gasteiger partial charge on any atom is 0.235 e. The number of nitrogens with zero attached hydrogens (tertiary/aromatic N) is 1. The van der Waals surface area contributed by atoms with Gasteiger partial charge in [-0.05, 0) is 29.2 Å². The molecular weight excluding hydrogens is 242 g/mol. The molecule has 2 nitrogen and oxygen atoms in total. The van der Waals surface area contributed by atoms with Crippen molar-refractivity contribution in [3.8, 4) is 0 Å². The van der Waals surface area contributed by atoms with Crippen molar-refractivity contribution < 1.29 is 4.79 Å². The van der Waals surface area contributed by atoms with Crippen LogP contribution in [0.5, 0.6) is 0 Å². The summed E-state index contributed by atoms with van der Waals surface area (Å²) in [5.74, 6) is 0.444. The molecule has 0 saturated heterocycles. The fraction of sp³-hybridized carbons (Fsp3) is 0.364. The van der Waals surface area contributed by atoms with E-state index in [0.29, 0.717) is 12.5 Å². The lowest BCUT2D eigenvalue weighted by atomic mass is 9.97. The third-order valence-corrected chi connectivity index (χ3v) is 2.53. The van der Waals surface area contributed by atoms with Crippen LogP contribution in [0.1, 0.15) is 30.9 Å². The molecule has 0 saturated carbocycles. The minimum Gasteiger partial charge on any atom is -0.211 e. The fourth-order valence-electron chi connectivity index (χ4n) is 1.39. The molecule has 0 heterocycles. The van der Waals surface area contributed by atoms with Crippen molar-refractivity contribution in [1.29, 1.82) is 0 Å². The highest BCUT2D eigenvalue weighted by Crippen LogP contribution is 2.23. The molecule has 0 unspecified atom stereocenters. The molecular formula is C11H12BrNO. The number of rotatable bonds is 3. The molecule has 1 aromatic rings. The van der Waals surface area contributed by atoms with E-state index in [1.807, 2.05) is 12.1 Å². The predicted molar refractivity (Wildman–Crippen MR) is 60.1 cm³/mol. The Morgan fingerprint density at radius 1 is 1.50 bits per heavy atom. The highest BCUT2D eigenvalue weighted by atomic mass is 79.9. The summed E-state index contributed by atoms with van der Waals surface area (Å²) in [6.45, 7) is 4.66. The SMILES string of the molecule is CC(C)c1ccc(Br)cc1CN=C=O. The van der Waals surface area contributed by atoms with Crippen molar-refractivity contribution in [2.24, 2.45) is 4.99 Å². The average molecular weight is 254 g/mol. The summed E-state index contributed by atoms with van der Waals surface area (Å²) in [6.07, 6.45) is 1.56. The molecule has 1 aromatic carbocycles. The van der Waals surface area contributed by atoms with Gasteiger partial charge in [0.05, 0.1) is 6.54 Å². The zero-order valence-corrected chi connectivity index (χ0v) is 9.84. The summed E-state index contributed by atoms with van der Waals surface area (Å²) < 4.78 is 1.01. The van der Waals surface area contributed by atoms with Crippen molar-refractivity contribution in [2.75, 3.05) is 0 Å². The minimum atomic E-state index is 0.413. The number of halogens is 1. The first-order valence-corrected chi connectivity index (χ1v) is 5.26. The zero-order valence-electron chi connectivity index (χ0n) is 8.25. The molecule has 0 aliphatic carbocycles. The highest BCUT2D eigenvalue weighted by molar-refractivity contribution is 9.10. The second-order valence-electron chi connectivity index (χ2n) is 3.41. The number of carbonyl (C=O) groups excluding carboxylic acids is 1. The van der Waals surface area contributed by atoms with Gasteiger partial charge in [-0.2, -0.15) is 0 Å². The number of isocyanates is 1. The third-order valence-electron chi connectivity index (χ3n) is 2.04. The lowest BCUT2D eigenvalue weighted by Gasteiger charge is -2.10. The molecule has 1 rings (SSSR count). The fourth-order valence-corrected chi connectivity index (χ4v) is 1.80. The van der Waals surface area contributed by atoms with E-state index in [2.05, 4.69) is 40.8 Å². The van der Waals surface area contributed by atoms with E-state index < -0.39 is 0 Å². The topological polar surface area (TPSA) is 29.4 Å². The Kier molecular flexibility index (Phi) is 4.05. The Morgan fingerprint density at radius 2 is 2.21 bits per heavy atom. The Hall–Kier alpha value is -0.920. The van der Waals surface area contributed by atoms with Gasteiger partial charge in [0.1, 0.15) is 0 Å². The van der Waals surface area contributed by atoms with Crippen LogP contribution in [-0.4, -0.2) is 6.08 Å². The Balaban J connectivity index is 3.08. The van der Waals surface area contributed by atoms with Crippen LogP contribution in [0.2, 0.25) is 0 Å². The molecule has 0 fully saturated rings. The molecule has 0 bridgehead atoms. The van der Waals surface area contributed by atoms with Crippen LogP contribution in [0.3, 0.4) is 0 Å². The van der Waals surface area contributed by atoms with E-state index in [-0.39, 0.29) is 0 Å². The van der Waals surface area contributed by atoms with Gasteiger partial charge in [0.25, 0.3) is 0 Å². The minimum absolute atomic E-state index is 0.413. The van der Waals surface area contributed by atoms with Gasteiger partial charge in [-0.1, -0.05) is 35.8 Å². The molecule has 0 aromatic heterocycles. The van der Waals surface area contributed by atoms with E-state index in [1.54, 1.807) is 6.08 Å². The standard InChI is InChI=1S/C11H12BrNO/c1-8(2)11-4-3-10(12)5-9(11)6-13-7-14/h3-5,8H,6H2,1-2H3. The van der Waals surface area contributed by atoms with Crippen LogP contribution >= 0.6 is 15.9 Å². The molecule has 0 spiro atoms. The van der Waals surface area contributed by atoms with Crippen LogP contribution < -0.4 is 0 Å². The molecule has 0 radical (unpaired) electrons. The van der Waals surface area contributed by atoms with Crippen LogP contribution in [-0.2, 0) is 11.3 Å². The van der Waals surface area contributed by atoms with E-state index in [9.17, 15) is 4.79 Å². The van der Waals surface area contributed by atoms with Gasteiger partial charge in [0, 0.05) is 4.47 Å². The highest BCUT2D eigenvalue weighted by Gasteiger charge is 2.06. The van der Waals surface area contributed by atoms with E-state index in [0.717, 1.165) is 10.0 Å². The largest absolute Gasteiger partial charge is 0.235 e. The van der Waals surface area contributed by atoms with Gasteiger partial charge < -0.3 is 0 Å². The maximum atomic E-state index is 10.0. The molecule has 0 aliphatic heterocycles. The van der Waals surface area contributed by atoms with E-state index in [4.69, 9.17) is 0 Å². The summed E-state index contributed by atoms with van der Waals surface area (Å²) in [7, 11) is 0. The van der Waals surface area contributed by atoms with Gasteiger partial charge in [0.2, 0.25) is 6.08 Å². The van der Waals surface area contributed by atoms with Crippen LogP contribution in [0.25, 0.3) is 0 Å². The average Bonchev–Trinajstić information content (AvgIpc) is 2.14. The summed E-state index contributed by atoms with van der Waals surface area (Å²) in [6, 6.07) is 6.06. The van der Waals surface area contributed by atoms with Crippen LogP contribution in [0.4, 0.5) is 0 Å². The molecule has 14 heavy (non-hydrogen) atoms. The van der Waals surface area contributed by atoms with E-state index in [1.165, 1.54) is 5.56 Å². The van der Waals surface area contributed by atoms with Crippen LogP contribution in [0, 0.1) is 0 Å². The van der Waals surface area contributed by atoms with Gasteiger partial charge in [-0.15, -0.1) is 0 Å². The number of benzene rings is 1. The van der Waals surface area contributed by atoms with Gasteiger partial charge >= 0.3 is 0 Å². The van der Waals surface area contributed by atoms with Crippen molar-refractivity contribution in [3.05, 3.63) is 33.8 Å². The normalized spacial score (nSPS) is 10.0. The maximum absolute atomic E-state index is 10.0. The quantitative estimate of drug-likeness (QED) is 0.600. The van der Waals surface area contributed by atoms with Crippen molar-refractivity contribution in [1.82, 2.24) is 0 Å². The number of hydrogen-bond acceptors (Lipinski definition) is 2. The predicted octanol–water partition coefficient (Wildman–Crippen LogP) is 3.41. The summed E-state index contributed by atoms with van der Waals surface area (Å²) in [4.78, 5) is 13.6.